The quantitative estimate of drug-likeness (QED) is 0.498. The molecule has 2 amide bonds. The van der Waals surface area contributed by atoms with Gasteiger partial charge in [-0.25, -0.2) is 0 Å². The Balaban J connectivity index is 2.92. The molecule has 6 nitrogen and oxygen atoms in total. The van der Waals surface area contributed by atoms with E-state index in [1.165, 1.54) is 25.3 Å². The molecule has 92 valence electrons. The summed E-state index contributed by atoms with van der Waals surface area (Å²) in [6.07, 6.45) is 0. The van der Waals surface area contributed by atoms with Crippen molar-refractivity contribution >= 4 is 31.1 Å². The zero-order valence-corrected chi connectivity index (χ0v) is 9.73. The molecule has 1 aromatic carbocycles. The minimum atomic E-state index is -0.773. The van der Waals surface area contributed by atoms with E-state index >= 15 is 0 Å². The van der Waals surface area contributed by atoms with Crippen LogP contribution in [0.5, 0.6) is 0 Å². The Hall–Kier alpha value is -2.31. The molecule has 0 bridgehead atoms. The summed E-state index contributed by atoms with van der Waals surface area (Å²) in [5.74, 6) is -1.97. The fourth-order valence-electron chi connectivity index (χ4n) is 1.28. The highest BCUT2D eigenvalue weighted by molar-refractivity contribution is 6.33. The molecule has 1 rings (SSSR count). The van der Waals surface area contributed by atoms with E-state index in [9.17, 15) is 14.4 Å². The number of amides is 2. The molecule has 0 unspecified atom stereocenters. The number of esters is 1. The number of hydrogen-bond donors (Lipinski definition) is 2. The lowest BCUT2D eigenvalue weighted by Crippen LogP contribution is -2.32. The van der Waals surface area contributed by atoms with Crippen LogP contribution in [-0.2, 0) is 9.53 Å². The van der Waals surface area contributed by atoms with Gasteiger partial charge in [0, 0.05) is 0 Å². The molecule has 2 radical (unpaired) electrons. The second-order valence-corrected chi connectivity index (χ2v) is 3.43. The maximum atomic E-state index is 11.7. The number of carbonyl (C=O) groups is 3. The summed E-state index contributed by atoms with van der Waals surface area (Å²) in [5, 5.41) is 2.30. The monoisotopic (exact) mass is 246 g/mol. The molecule has 0 heterocycles. The minimum Gasteiger partial charge on any atom is -0.468 e. The Morgan fingerprint density at radius 1 is 1.33 bits per heavy atom. The number of methoxy groups -OCH3 is 1. The zero-order chi connectivity index (χ0) is 13.7. The Morgan fingerprint density at radius 2 is 2.00 bits per heavy atom. The predicted molar refractivity (Wildman–Crippen MR) is 64.7 cm³/mol. The van der Waals surface area contributed by atoms with Crippen molar-refractivity contribution in [1.29, 1.82) is 0 Å². The molecule has 0 aliphatic heterocycles. The first-order valence-corrected chi connectivity index (χ1v) is 5.00. The summed E-state index contributed by atoms with van der Waals surface area (Å²) in [4.78, 5) is 33.8. The van der Waals surface area contributed by atoms with Crippen LogP contribution in [0.25, 0.3) is 0 Å². The summed E-state index contributed by atoms with van der Waals surface area (Å²) < 4.78 is 4.37. The van der Waals surface area contributed by atoms with E-state index in [4.69, 9.17) is 13.6 Å². The van der Waals surface area contributed by atoms with Crippen LogP contribution in [0.4, 0.5) is 0 Å². The first-order chi connectivity index (χ1) is 8.45. The number of hydrogen-bond acceptors (Lipinski definition) is 4. The van der Waals surface area contributed by atoms with Crippen LogP contribution in [0.1, 0.15) is 20.7 Å². The maximum absolute atomic E-state index is 11.7. The van der Waals surface area contributed by atoms with Gasteiger partial charge in [0.25, 0.3) is 5.91 Å². The third-order valence-electron chi connectivity index (χ3n) is 2.17. The lowest BCUT2D eigenvalue weighted by molar-refractivity contribution is -0.139. The van der Waals surface area contributed by atoms with Crippen LogP contribution in [0.15, 0.2) is 18.2 Å². The summed E-state index contributed by atoms with van der Waals surface area (Å²) in [5.41, 5.74) is 5.50. The normalized spacial score (nSPS) is 9.61. The molecule has 3 N–H and O–H groups in total. The van der Waals surface area contributed by atoms with Crippen LogP contribution in [0.2, 0.25) is 0 Å². The number of primary amides is 1. The molecule has 0 saturated heterocycles. The zero-order valence-electron chi connectivity index (χ0n) is 9.73. The Morgan fingerprint density at radius 3 is 2.56 bits per heavy atom. The Kier molecular flexibility index (Phi) is 4.48. The van der Waals surface area contributed by atoms with Crippen LogP contribution >= 0.6 is 0 Å². The van der Waals surface area contributed by atoms with Gasteiger partial charge < -0.3 is 15.8 Å². The molecule has 0 spiro atoms. The molecule has 0 fully saturated rings. The Labute approximate surface area is 105 Å². The van der Waals surface area contributed by atoms with Gasteiger partial charge >= 0.3 is 5.97 Å². The molecular formula is C11H11BN2O4. The van der Waals surface area contributed by atoms with E-state index in [0.717, 1.165) is 0 Å². The van der Waals surface area contributed by atoms with E-state index in [1.807, 2.05) is 0 Å². The van der Waals surface area contributed by atoms with Crippen molar-refractivity contribution in [2.45, 2.75) is 0 Å². The van der Waals surface area contributed by atoms with Crippen molar-refractivity contribution in [2.75, 3.05) is 13.7 Å². The molecule has 0 saturated carbocycles. The number of rotatable bonds is 4. The van der Waals surface area contributed by atoms with Gasteiger partial charge in [0.15, 0.2) is 0 Å². The van der Waals surface area contributed by atoms with Crippen molar-refractivity contribution in [2.24, 2.45) is 5.73 Å². The van der Waals surface area contributed by atoms with Gasteiger partial charge in [0.05, 0.1) is 18.2 Å². The fourth-order valence-corrected chi connectivity index (χ4v) is 1.28. The highest BCUT2D eigenvalue weighted by Crippen LogP contribution is 2.06. The molecular weight excluding hydrogens is 235 g/mol. The van der Waals surface area contributed by atoms with E-state index in [-0.39, 0.29) is 17.7 Å². The van der Waals surface area contributed by atoms with Gasteiger partial charge in [-0.05, 0) is 6.07 Å². The molecule has 1 aromatic rings. The SMILES string of the molecule is [B]c1ccc(C(=O)NCC(=O)OC)c(C(N)=O)c1. The van der Waals surface area contributed by atoms with Crippen LogP contribution < -0.4 is 16.5 Å². The summed E-state index contributed by atoms with van der Waals surface area (Å²) in [7, 11) is 6.70. The average Bonchev–Trinajstić information content (AvgIpc) is 2.35. The standard InChI is InChI=1S/C11H11BN2O4/c1-18-9(15)5-14-11(17)7-3-2-6(12)4-8(7)10(13)16/h2-4H,5H2,1H3,(H2,13,16)(H,14,17). The predicted octanol–water partition coefficient (Wildman–Crippen LogP) is -1.52. The number of carbonyl (C=O) groups excluding carboxylic acids is 3. The van der Waals surface area contributed by atoms with Gasteiger partial charge in [-0.15, -0.1) is 0 Å². The first-order valence-electron chi connectivity index (χ1n) is 5.00. The van der Waals surface area contributed by atoms with Crippen LogP contribution in [-0.4, -0.2) is 39.3 Å². The summed E-state index contributed by atoms with van der Waals surface area (Å²) in [6, 6.07) is 4.12. The largest absolute Gasteiger partial charge is 0.468 e. The molecule has 7 heteroatoms. The lowest BCUT2D eigenvalue weighted by atomic mass is 9.91. The number of benzene rings is 1. The highest BCUT2D eigenvalue weighted by atomic mass is 16.5. The van der Waals surface area contributed by atoms with Crippen LogP contribution in [0, 0.1) is 0 Å². The molecule has 0 aliphatic carbocycles. The van der Waals surface area contributed by atoms with Crippen LogP contribution in [0.3, 0.4) is 0 Å². The second-order valence-electron chi connectivity index (χ2n) is 3.43. The first kappa shape index (κ1) is 13.8. The highest BCUT2D eigenvalue weighted by Gasteiger charge is 2.15. The summed E-state index contributed by atoms with van der Waals surface area (Å²) >= 11 is 0. The van der Waals surface area contributed by atoms with Gasteiger partial charge in [-0.1, -0.05) is 17.6 Å². The molecule has 0 aromatic heterocycles. The maximum Gasteiger partial charge on any atom is 0.325 e. The minimum absolute atomic E-state index is 0.00244. The number of ether oxygens (including phenoxy) is 1. The van der Waals surface area contributed by atoms with Gasteiger partial charge in [-0.2, -0.15) is 0 Å². The van der Waals surface area contributed by atoms with Crippen molar-refractivity contribution in [3.63, 3.8) is 0 Å². The van der Waals surface area contributed by atoms with E-state index < -0.39 is 17.8 Å². The third-order valence-corrected chi connectivity index (χ3v) is 2.17. The second kappa shape index (κ2) is 5.86. The van der Waals surface area contributed by atoms with Gasteiger partial charge in [0.1, 0.15) is 14.4 Å². The van der Waals surface area contributed by atoms with Crippen molar-refractivity contribution in [1.82, 2.24) is 5.32 Å². The smallest absolute Gasteiger partial charge is 0.325 e. The topological polar surface area (TPSA) is 98.5 Å². The average molecular weight is 246 g/mol. The van der Waals surface area contributed by atoms with Gasteiger partial charge in [0.2, 0.25) is 5.91 Å². The third kappa shape index (κ3) is 3.34. The molecule has 18 heavy (non-hydrogen) atoms. The van der Waals surface area contributed by atoms with Gasteiger partial charge in [-0.3, -0.25) is 14.4 Å². The van der Waals surface area contributed by atoms with E-state index in [1.54, 1.807) is 0 Å². The molecule has 0 atom stereocenters. The number of nitrogens with two attached hydrogens (primary N) is 1. The van der Waals surface area contributed by atoms with Crippen molar-refractivity contribution in [3.8, 4) is 0 Å². The number of nitrogens with one attached hydrogen (secondary N) is 1. The van der Waals surface area contributed by atoms with Crippen molar-refractivity contribution < 1.29 is 19.1 Å². The van der Waals surface area contributed by atoms with Crippen molar-refractivity contribution in [3.05, 3.63) is 29.3 Å². The molecule has 0 aliphatic rings. The van der Waals surface area contributed by atoms with E-state index in [0.29, 0.717) is 5.46 Å². The summed E-state index contributed by atoms with van der Waals surface area (Å²) in [6.45, 7) is -0.294. The Bertz CT molecular complexity index is 502. The lowest BCUT2D eigenvalue weighted by Gasteiger charge is -2.08. The van der Waals surface area contributed by atoms with E-state index in [2.05, 4.69) is 10.1 Å². The fraction of sp³-hybridized carbons (Fsp3) is 0.182.